The van der Waals surface area contributed by atoms with E-state index < -0.39 is 5.91 Å². The minimum absolute atomic E-state index is 0.0841. The number of amides is 1. The number of ether oxygens (including phenoxy) is 1. The van der Waals surface area contributed by atoms with Gasteiger partial charge >= 0.3 is 0 Å². The van der Waals surface area contributed by atoms with Crippen molar-refractivity contribution >= 4 is 46.4 Å². The first-order chi connectivity index (χ1) is 10.5. The molecule has 0 spiro atoms. The molecular formula is C15H12Cl2N2O2S. The van der Waals surface area contributed by atoms with E-state index in [1.54, 1.807) is 42.5 Å². The smallest absolute Gasteiger partial charge is 0.257 e. The lowest BCUT2D eigenvalue weighted by atomic mass is 10.2. The van der Waals surface area contributed by atoms with Crippen molar-refractivity contribution in [3.05, 3.63) is 63.6 Å². The molecule has 0 aliphatic rings. The van der Waals surface area contributed by atoms with Crippen LogP contribution < -0.4 is 15.8 Å². The van der Waals surface area contributed by atoms with Gasteiger partial charge in [0.05, 0.1) is 0 Å². The predicted molar refractivity (Wildman–Crippen MR) is 91.5 cm³/mol. The van der Waals surface area contributed by atoms with Crippen LogP contribution in [0.2, 0.25) is 10.0 Å². The Balaban J connectivity index is 2.11. The van der Waals surface area contributed by atoms with Gasteiger partial charge in [0.2, 0.25) is 0 Å². The van der Waals surface area contributed by atoms with Crippen molar-refractivity contribution in [2.75, 3.05) is 0 Å². The summed E-state index contributed by atoms with van der Waals surface area (Å²) in [6, 6.07) is 11.9. The summed E-state index contributed by atoms with van der Waals surface area (Å²) in [5.74, 6) is 0.111. The molecule has 0 radical (unpaired) electrons. The maximum Gasteiger partial charge on any atom is 0.257 e. The number of nitrogens with two attached hydrogens (primary N) is 1. The molecule has 0 aromatic heterocycles. The monoisotopic (exact) mass is 354 g/mol. The van der Waals surface area contributed by atoms with Gasteiger partial charge in [-0.2, -0.15) is 0 Å². The third-order valence-electron chi connectivity index (χ3n) is 2.78. The highest BCUT2D eigenvalue weighted by Crippen LogP contribution is 2.26. The molecule has 22 heavy (non-hydrogen) atoms. The maximum atomic E-state index is 11.8. The first-order valence-electron chi connectivity index (χ1n) is 6.24. The van der Waals surface area contributed by atoms with E-state index in [0.29, 0.717) is 26.9 Å². The Morgan fingerprint density at radius 3 is 2.45 bits per heavy atom. The molecule has 0 saturated carbocycles. The highest BCUT2D eigenvalue weighted by atomic mass is 35.5. The fourth-order valence-corrected chi connectivity index (χ4v) is 2.34. The lowest BCUT2D eigenvalue weighted by molar-refractivity contribution is 0.0977. The first kappa shape index (κ1) is 16.5. The van der Waals surface area contributed by atoms with Gasteiger partial charge in [0.1, 0.15) is 12.4 Å². The molecule has 0 saturated heterocycles. The Morgan fingerprint density at radius 2 is 1.82 bits per heavy atom. The average molecular weight is 355 g/mol. The Hall–Kier alpha value is -1.82. The van der Waals surface area contributed by atoms with E-state index in [1.807, 2.05) is 0 Å². The number of nitrogens with one attached hydrogen (secondary N) is 1. The number of hydrogen-bond acceptors (Lipinski definition) is 3. The molecule has 2 aromatic rings. The van der Waals surface area contributed by atoms with E-state index >= 15 is 0 Å². The summed E-state index contributed by atoms with van der Waals surface area (Å²) in [6.07, 6.45) is 0. The highest BCUT2D eigenvalue weighted by molar-refractivity contribution is 7.80. The van der Waals surface area contributed by atoms with Gasteiger partial charge in [-0.15, -0.1) is 0 Å². The van der Waals surface area contributed by atoms with Crippen LogP contribution in [-0.2, 0) is 6.61 Å². The molecule has 7 heteroatoms. The van der Waals surface area contributed by atoms with Gasteiger partial charge < -0.3 is 10.5 Å². The van der Waals surface area contributed by atoms with Gasteiger partial charge in [-0.3, -0.25) is 10.1 Å². The number of rotatable bonds is 4. The highest BCUT2D eigenvalue weighted by Gasteiger charge is 2.09. The zero-order valence-corrected chi connectivity index (χ0v) is 13.6. The van der Waals surface area contributed by atoms with Crippen LogP contribution in [0.5, 0.6) is 5.75 Å². The van der Waals surface area contributed by atoms with Crippen LogP contribution >= 0.6 is 35.4 Å². The number of thiocarbonyl (C=S) groups is 1. The molecule has 3 N–H and O–H groups in total. The van der Waals surface area contributed by atoms with E-state index in [-0.39, 0.29) is 11.7 Å². The van der Waals surface area contributed by atoms with Crippen molar-refractivity contribution < 1.29 is 9.53 Å². The second-order valence-corrected chi connectivity index (χ2v) is 5.59. The fourth-order valence-electron chi connectivity index (χ4n) is 1.74. The number of benzene rings is 2. The van der Waals surface area contributed by atoms with Crippen LogP contribution in [-0.4, -0.2) is 11.0 Å². The van der Waals surface area contributed by atoms with Crippen molar-refractivity contribution in [3.63, 3.8) is 0 Å². The number of carbonyl (C=O) groups is 1. The second-order valence-electron chi connectivity index (χ2n) is 4.34. The molecule has 0 atom stereocenters. The van der Waals surface area contributed by atoms with E-state index in [2.05, 4.69) is 17.5 Å². The summed E-state index contributed by atoms with van der Waals surface area (Å²) in [5.41, 5.74) is 6.34. The zero-order chi connectivity index (χ0) is 16.1. The average Bonchev–Trinajstić information content (AvgIpc) is 2.46. The lowest BCUT2D eigenvalue weighted by Crippen LogP contribution is -2.34. The molecule has 1 amide bonds. The molecule has 2 aromatic carbocycles. The SMILES string of the molecule is NC(=S)NC(=O)c1cccc(OCc2c(Cl)cccc2Cl)c1. The van der Waals surface area contributed by atoms with Crippen LogP contribution in [0.3, 0.4) is 0 Å². The molecule has 0 fully saturated rings. The van der Waals surface area contributed by atoms with Gasteiger partial charge in [0.15, 0.2) is 5.11 Å². The van der Waals surface area contributed by atoms with Crippen LogP contribution in [0.1, 0.15) is 15.9 Å². The molecule has 114 valence electrons. The fraction of sp³-hybridized carbons (Fsp3) is 0.0667. The second kappa shape index (κ2) is 7.45. The van der Waals surface area contributed by atoms with Crippen molar-refractivity contribution in [3.8, 4) is 5.75 Å². The van der Waals surface area contributed by atoms with Gasteiger partial charge in [-0.1, -0.05) is 35.3 Å². The number of halogens is 2. The number of carbonyl (C=O) groups excluding carboxylic acids is 1. The molecule has 0 heterocycles. The normalized spacial score (nSPS) is 10.1. The standard InChI is InChI=1S/C15H12Cl2N2O2S/c16-12-5-2-6-13(17)11(12)8-21-10-4-1-3-9(7-10)14(20)19-15(18)22/h1-7H,8H2,(H3,18,19,20,22). The molecule has 2 rings (SSSR count). The van der Waals surface area contributed by atoms with Crippen LogP contribution in [0, 0.1) is 0 Å². The third kappa shape index (κ3) is 4.34. The third-order valence-corrected chi connectivity index (χ3v) is 3.59. The largest absolute Gasteiger partial charge is 0.489 e. The first-order valence-corrected chi connectivity index (χ1v) is 7.40. The topological polar surface area (TPSA) is 64.3 Å². The van der Waals surface area contributed by atoms with E-state index in [0.717, 1.165) is 0 Å². The Kier molecular flexibility index (Phi) is 5.60. The van der Waals surface area contributed by atoms with Crippen LogP contribution in [0.15, 0.2) is 42.5 Å². The Bertz CT molecular complexity index is 702. The van der Waals surface area contributed by atoms with Crippen molar-refractivity contribution in [1.82, 2.24) is 5.32 Å². The summed E-state index contributed by atoms with van der Waals surface area (Å²) < 4.78 is 5.64. The quantitative estimate of drug-likeness (QED) is 0.824. The molecule has 0 unspecified atom stereocenters. The van der Waals surface area contributed by atoms with Crippen LogP contribution in [0.4, 0.5) is 0 Å². The van der Waals surface area contributed by atoms with E-state index in [4.69, 9.17) is 33.7 Å². The summed E-state index contributed by atoms with van der Waals surface area (Å²) >= 11 is 16.8. The van der Waals surface area contributed by atoms with Gasteiger partial charge in [-0.05, 0) is 42.5 Å². The van der Waals surface area contributed by atoms with Crippen molar-refractivity contribution in [2.45, 2.75) is 6.61 Å². The summed E-state index contributed by atoms with van der Waals surface area (Å²) in [7, 11) is 0. The Labute approximate surface area is 143 Å². The lowest BCUT2D eigenvalue weighted by Gasteiger charge is -2.10. The zero-order valence-electron chi connectivity index (χ0n) is 11.3. The summed E-state index contributed by atoms with van der Waals surface area (Å²) in [5, 5.41) is 3.31. The summed E-state index contributed by atoms with van der Waals surface area (Å²) in [4.78, 5) is 11.8. The molecule has 4 nitrogen and oxygen atoms in total. The van der Waals surface area contributed by atoms with E-state index in [9.17, 15) is 4.79 Å². The minimum atomic E-state index is -0.395. The molecule has 0 aliphatic carbocycles. The molecule has 0 bridgehead atoms. The van der Waals surface area contributed by atoms with Gasteiger partial charge in [-0.25, -0.2) is 0 Å². The van der Waals surface area contributed by atoms with Crippen LogP contribution in [0.25, 0.3) is 0 Å². The minimum Gasteiger partial charge on any atom is -0.489 e. The van der Waals surface area contributed by atoms with Gasteiger partial charge in [0, 0.05) is 21.2 Å². The molecular weight excluding hydrogens is 343 g/mol. The maximum absolute atomic E-state index is 11.8. The van der Waals surface area contributed by atoms with Gasteiger partial charge in [0.25, 0.3) is 5.91 Å². The predicted octanol–water partition coefficient (Wildman–Crippen LogP) is 3.55. The van der Waals surface area contributed by atoms with Crippen molar-refractivity contribution in [2.24, 2.45) is 5.73 Å². The molecule has 0 aliphatic heterocycles. The summed E-state index contributed by atoms with van der Waals surface area (Å²) in [6.45, 7) is 0.193. The van der Waals surface area contributed by atoms with Crippen molar-refractivity contribution in [1.29, 1.82) is 0 Å². The Morgan fingerprint density at radius 1 is 1.18 bits per heavy atom. The van der Waals surface area contributed by atoms with E-state index in [1.165, 1.54) is 0 Å². The number of hydrogen-bond donors (Lipinski definition) is 2.